The Morgan fingerprint density at radius 2 is 1.41 bits per heavy atom. The maximum Gasteiger partial charge on any atom is 0.252 e. The number of sulfone groups is 1. The van der Waals surface area contributed by atoms with Crippen molar-refractivity contribution >= 4 is 33.1 Å². The van der Waals surface area contributed by atoms with Crippen molar-refractivity contribution < 1.29 is 18.0 Å². The van der Waals surface area contributed by atoms with E-state index in [4.69, 9.17) is 11.6 Å². The number of Topliss-reactive ketones (excluding diaryl/α,β-unsaturated/α-hetero) is 1. The first kappa shape index (κ1) is 20.8. The van der Waals surface area contributed by atoms with Gasteiger partial charge in [0.25, 0.3) is 5.91 Å². The molecule has 7 heteroatoms. The lowest BCUT2D eigenvalue weighted by Crippen LogP contribution is -2.46. The molecule has 1 atom stereocenters. The fraction of sp³-hybridized carbons (Fsp3) is 0.0909. The minimum atomic E-state index is -4.22. The Bertz CT molecular complexity index is 1130. The summed E-state index contributed by atoms with van der Waals surface area (Å²) in [7, 11) is -4.22. The number of carbonyl (C=O) groups excluding carboxylic acids is 2. The molecule has 3 rings (SSSR count). The van der Waals surface area contributed by atoms with Gasteiger partial charge in [0.1, 0.15) is 0 Å². The van der Waals surface area contributed by atoms with E-state index in [1.807, 2.05) is 6.92 Å². The van der Waals surface area contributed by atoms with Gasteiger partial charge in [0.2, 0.25) is 15.6 Å². The van der Waals surface area contributed by atoms with Crippen LogP contribution in [0.25, 0.3) is 0 Å². The summed E-state index contributed by atoms with van der Waals surface area (Å²) in [5.41, 5.74) is 1.39. The molecule has 0 heterocycles. The number of amides is 1. The van der Waals surface area contributed by atoms with Gasteiger partial charge < -0.3 is 5.32 Å². The van der Waals surface area contributed by atoms with E-state index in [1.165, 1.54) is 36.4 Å². The van der Waals surface area contributed by atoms with E-state index in [-0.39, 0.29) is 16.0 Å². The SMILES string of the molecule is Cc1ccc(C(=O)N[C@@H](C(=O)c2ccccc2)S(=O)(=O)c2ccc(Cl)cc2)cc1. The molecular formula is C22H18ClNO4S. The zero-order valence-corrected chi connectivity index (χ0v) is 17.1. The molecule has 0 aliphatic heterocycles. The van der Waals surface area contributed by atoms with Crippen molar-refractivity contribution in [3.63, 3.8) is 0 Å². The van der Waals surface area contributed by atoms with Crippen LogP contribution in [0.15, 0.2) is 83.8 Å². The molecule has 0 spiro atoms. The second-order valence-corrected chi connectivity index (χ2v) is 8.92. The third-order valence-corrected chi connectivity index (χ3v) is 6.46. The van der Waals surface area contributed by atoms with E-state index >= 15 is 0 Å². The monoisotopic (exact) mass is 427 g/mol. The predicted octanol–water partition coefficient (Wildman–Crippen LogP) is 4.06. The summed E-state index contributed by atoms with van der Waals surface area (Å²) in [6.45, 7) is 1.87. The van der Waals surface area contributed by atoms with Gasteiger partial charge in [-0.25, -0.2) is 8.42 Å². The van der Waals surface area contributed by atoms with Crippen LogP contribution < -0.4 is 5.32 Å². The molecule has 0 saturated carbocycles. The third kappa shape index (κ3) is 4.72. The molecule has 3 aromatic rings. The smallest absolute Gasteiger partial charge is 0.252 e. The van der Waals surface area contributed by atoms with Crippen molar-refractivity contribution in [3.05, 3.63) is 101 Å². The number of rotatable bonds is 6. The topological polar surface area (TPSA) is 80.3 Å². The molecule has 0 aliphatic rings. The Morgan fingerprint density at radius 1 is 0.828 bits per heavy atom. The zero-order chi connectivity index (χ0) is 21.0. The number of benzene rings is 3. The summed E-state index contributed by atoms with van der Waals surface area (Å²) >= 11 is 5.85. The van der Waals surface area contributed by atoms with Crippen molar-refractivity contribution in [2.45, 2.75) is 17.2 Å². The van der Waals surface area contributed by atoms with Crippen LogP contribution in [-0.4, -0.2) is 25.5 Å². The minimum absolute atomic E-state index is 0.111. The van der Waals surface area contributed by atoms with Crippen LogP contribution in [-0.2, 0) is 9.84 Å². The lowest BCUT2D eigenvalue weighted by atomic mass is 10.1. The van der Waals surface area contributed by atoms with Crippen LogP contribution in [0.2, 0.25) is 5.02 Å². The lowest BCUT2D eigenvalue weighted by molar-refractivity contribution is 0.0888. The normalized spacial score (nSPS) is 12.2. The van der Waals surface area contributed by atoms with Crippen LogP contribution in [0, 0.1) is 6.92 Å². The van der Waals surface area contributed by atoms with E-state index in [2.05, 4.69) is 5.32 Å². The van der Waals surface area contributed by atoms with Crippen molar-refractivity contribution in [2.24, 2.45) is 0 Å². The first-order valence-electron chi connectivity index (χ1n) is 8.75. The van der Waals surface area contributed by atoms with Crippen molar-refractivity contribution in [2.75, 3.05) is 0 Å². The fourth-order valence-corrected chi connectivity index (χ4v) is 4.30. The first-order chi connectivity index (χ1) is 13.8. The zero-order valence-electron chi connectivity index (χ0n) is 15.5. The van der Waals surface area contributed by atoms with Crippen LogP contribution in [0.3, 0.4) is 0 Å². The predicted molar refractivity (Wildman–Crippen MR) is 112 cm³/mol. The molecule has 3 aromatic carbocycles. The van der Waals surface area contributed by atoms with Gasteiger partial charge in [-0.2, -0.15) is 0 Å². The van der Waals surface area contributed by atoms with Crippen LogP contribution in [0.5, 0.6) is 0 Å². The van der Waals surface area contributed by atoms with Crippen molar-refractivity contribution in [3.8, 4) is 0 Å². The van der Waals surface area contributed by atoms with E-state index in [0.29, 0.717) is 5.02 Å². The second-order valence-electron chi connectivity index (χ2n) is 6.45. The molecular weight excluding hydrogens is 410 g/mol. The Hall–Kier alpha value is -2.96. The quantitative estimate of drug-likeness (QED) is 0.601. The Balaban J connectivity index is 2.01. The summed E-state index contributed by atoms with van der Waals surface area (Å²) in [4.78, 5) is 25.6. The van der Waals surface area contributed by atoms with E-state index in [9.17, 15) is 18.0 Å². The van der Waals surface area contributed by atoms with E-state index in [0.717, 1.165) is 5.56 Å². The third-order valence-electron chi connectivity index (χ3n) is 4.32. The highest BCUT2D eigenvalue weighted by molar-refractivity contribution is 7.92. The molecule has 148 valence electrons. The number of hydrogen-bond donors (Lipinski definition) is 1. The average molecular weight is 428 g/mol. The van der Waals surface area contributed by atoms with Gasteiger partial charge in [0.15, 0.2) is 5.37 Å². The highest BCUT2D eigenvalue weighted by Gasteiger charge is 2.36. The highest BCUT2D eigenvalue weighted by Crippen LogP contribution is 2.21. The molecule has 0 saturated heterocycles. The van der Waals surface area contributed by atoms with E-state index in [1.54, 1.807) is 42.5 Å². The van der Waals surface area contributed by atoms with Gasteiger partial charge in [-0.3, -0.25) is 9.59 Å². The molecule has 5 nitrogen and oxygen atoms in total. The van der Waals surface area contributed by atoms with Gasteiger partial charge in [-0.05, 0) is 43.3 Å². The summed E-state index contributed by atoms with van der Waals surface area (Å²) in [6.07, 6.45) is 0. The number of halogens is 1. The molecule has 0 unspecified atom stereocenters. The van der Waals surface area contributed by atoms with Gasteiger partial charge in [0, 0.05) is 16.1 Å². The number of ketones is 1. The van der Waals surface area contributed by atoms with Crippen molar-refractivity contribution in [1.29, 1.82) is 0 Å². The summed E-state index contributed by atoms with van der Waals surface area (Å²) in [5, 5.41) is 0.977. The van der Waals surface area contributed by atoms with Gasteiger partial charge >= 0.3 is 0 Å². The van der Waals surface area contributed by atoms with Gasteiger partial charge in [-0.15, -0.1) is 0 Å². The summed E-state index contributed by atoms with van der Waals surface area (Å²) in [5.74, 6) is -1.38. The lowest BCUT2D eigenvalue weighted by Gasteiger charge is -2.19. The fourth-order valence-electron chi connectivity index (χ4n) is 2.71. The Morgan fingerprint density at radius 3 is 2.00 bits per heavy atom. The Kier molecular flexibility index (Phi) is 6.15. The minimum Gasteiger partial charge on any atom is -0.329 e. The maximum absolute atomic E-state index is 13.2. The molecule has 1 amide bonds. The standard InChI is InChI=1S/C22H18ClNO4S/c1-15-7-9-17(10-8-15)21(26)24-22(20(25)16-5-3-2-4-6-16)29(27,28)19-13-11-18(23)12-14-19/h2-14,22H,1H3,(H,24,26)/t22-/m1/s1. The van der Waals surface area contributed by atoms with Crippen LogP contribution >= 0.6 is 11.6 Å². The Labute approximate surface area is 174 Å². The number of nitrogens with one attached hydrogen (secondary N) is 1. The first-order valence-corrected chi connectivity index (χ1v) is 10.7. The maximum atomic E-state index is 13.2. The van der Waals surface area contributed by atoms with Gasteiger partial charge in [0.05, 0.1) is 4.90 Å². The molecule has 0 aliphatic carbocycles. The molecule has 0 bridgehead atoms. The highest BCUT2D eigenvalue weighted by atomic mass is 35.5. The van der Waals surface area contributed by atoms with Crippen molar-refractivity contribution in [1.82, 2.24) is 5.32 Å². The molecule has 0 fully saturated rings. The van der Waals surface area contributed by atoms with Gasteiger partial charge in [-0.1, -0.05) is 59.6 Å². The summed E-state index contributed by atoms with van der Waals surface area (Å²) < 4.78 is 26.4. The second kappa shape index (κ2) is 8.59. The molecule has 29 heavy (non-hydrogen) atoms. The summed E-state index contributed by atoms with van der Waals surface area (Å²) in [6, 6.07) is 20.0. The molecule has 0 radical (unpaired) electrons. The van der Waals surface area contributed by atoms with Crippen LogP contribution in [0.4, 0.5) is 0 Å². The number of aryl methyl sites for hydroxylation is 1. The average Bonchev–Trinajstić information content (AvgIpc) is 2.72. The number of hydrogen-bond acceptors (Lipinski definition) is 4. The number of carbonyl (C=O) groups is 2. The largest absolute Gasteiger partial charge is 0.329 e. The molecule has 0 aromatic heterocycles. The van der Waals surface area contributed by atoms with E-state index < -0.39 is 26.9 Å². The van der Waals surface area contributed by atoms with Crippen LogP contribution in [0.1, 0.15) is 26.3 Å². The molecule has 1 N–H and O–H groups in total.